The summed E-state index contributed by atoms with van der Waals surface area (Å²) in [7, 11) is 0. The van der Waals surface area contributed by atoms with Gasteiger partial charge >= 0.3 is 6.43 Å². The molecule has 0 spiro atoms. The fourth-order valence-corrected chi connectivity index (χ4v) is 0.903. The largest absolute Gasteiger partial charge is 0.418 e. The average Bonchev–Trinajstić information content (AvgIpc) is 2.52. The van der Waals surface area contributed by atoms with E-state index >= 15 is 0 Å². The number of rotatable bonds is 4. The van der Waals surface area contributed by atoms with Gasteiger partial charge < -0.3 is 9.73 Å². The topological polar surface area (TPSA) is 51.0 Å². The van der Waals surface area contributed by atoms with E-state index in [4.69, 9.17) is 4.42 Å². The summed E-state index contributed by atoms with van der Waals surface area (Å²) in [5, 5.41) is 9.68. The van der Waals surface area contributed by atoms with Crippen LogP contribution in [0.3, 0.4) is 0 Å². The third-order valence-electron chi connectivity index (χ3n) is 1.52. The molecule has 0 bridgehead atoms. The third kappa shape index (κ3) is 2.45. The first-order valence-corrected chi connectivity index (χ1v) is 4.00. The van der Waals surface area contributed by atoms with Gasteiger partial charge in [0.2, 0.25) is 5.89 Å². The molecule has 74 valence electrons. The van der Waals surface area contributed by atoms with E-state index in [1.54, 1.807) is 6.92 Å². The van der Waals surface area contributed by atoms with Gasteiger partial charge in [-0.25, -0.2) is 0 Å². The summed E-state index contributed by atoms with van der Waals surface area (Å²) in [6.07, 6.45) is -2.70. The summed E-state index contributed by atoms with van der Waals surface area (Å²) in [6.45, 7) is 4.39. The highest BCUT2D eigenvalue weighted by molar-refractivity contribution is 4.88. The van der Waals surface area contributed by atoms with Crippen LogP contribution in [0.5, 0.6) is 0 Å². The molecule has 0 saturated carbocycles. The molecule has 0 aliphatic carbocycles. The Balaban J connectivity index is 2.67. The van der Waals surface area contributed by atoms with Crippen LogP contribution in [0, 0.1) is 0 Å². The first-order valence-electron chi connectivity index (χ1n) is 4.00. The normalized spacial score (nSPS) is 13.6. The van der Waals surface area contributed by atoms with Gasteiger partial charge in [-0.15, -0.1) is 10.2 Å². The molecule has 1 atom stereocenters. The van der Waals surface area contributed by atoms with Crippen LogP contribution in [-0.2, 0) is 0 Å². The van der Waals surface area contributed by atoms with Crippen LogP contribution in [0.2, 0.25) is 0 Å². The van der Waals surface area contributed by atoms with Crippen molar-refractivity contribution >= 4 is 0 Å². The fraction of sp³-hybridized carbons (Fsp3) is 0.714. The van der Waals surface area contributed by atoms with Crippen LogP contribution in [0.4, 0.5) is 8.78 Å². The van der Waals surface area contributed by atoms with E-state index in [0.717, 1.165) is 0 Å². The summed E-state index contributed by atoms with van der Waals surface area (Å²) in [5.41, 5.74) is 0. The Morgan fingerprint density at radius 3 is 2.46 bits per heavy atom. The third-order valence-corrected chi connectivity index (χ3v) is 1.52. The van der Waals surface area contributed by atoms with Crippen molar-refractivity contribution in [2.75, 3.05) is 6.54 Å². The van der Waals surface area contributed by atoms with Crippen LogP contribution in [0.1, 0.15) is 38.1 Å². The lowest BCUT2D eigenvalue weighted by Crippen LogP contribution is -2.17. The second-order valence-electron chi connectivity index (χ2n) is 2.56. The fourth-order valence-electron chi connectivity index (χ4n) is 0.903. The number of nitrogens with zero attached hydrogens (tertiary/aromatic N) is 2. The summed E-state index contributed by atoms with van der Waals surface area (Å²) in [5.74, 6) is -0.433. The predicted molar refractivity (Wildman–Crippen MR) is 41.3 cm³/mol. The minimum absolute atomic E-state index is 0.190. The molecule has 1 unspecified atom stereocenters. The van der Waals surface area contributed by atoms with Crippen molar-refractivity contribution in [2.45, 2.75) is 26.3 Å². The van der Waals surface area contributed by atoms with Crippen LogP contribution in [0.25, 0.3) is 0 Å². The number of halogens is 2. The van der Waals surface area contributed by atoms with Gasteiger partial charge in [-0.3, -0.25) is 0 Å². The molecule has 4 nitrogen and oxygen atoms in total. The lowest BCUT2D eigenvalue weighted by molar-refractivity contribution is 0.112. The minimum atomic E-state index is -2.70. The number of hydrogen-bond donors (Lipinski definition) is 1. The zero-order valence-electron chi connectivity index (χ0n) is 7.42. The molecule has 0 amide bonds. The molecular formula is C7H11F2N3O. The molecule has 0 fully saturated rings. The van der Waals surface area contributed by atoms with E-state index in [0.29, 0.717) is 6.54 Å². The highest BCUT2D eigenvalue weighted by Crippen LogP contribution is 2.19. The van der Waals surface area contributed by atoms with E-state index in [1.165, 1.54) is 0 Å². The van der Waals surface area contributed by atoms with E-state index in [9.17, 15) is 8.78 Å². The molecule has 1 N–H and O–H groups in total. The van der Waals surface area contributed by atoms with Crippen molar-refractivity contribution in [1.29, 1.82) is 0 Å². The van der Waals surface area contributed by atoms with Crippen molar-refractivity contribution in [2.24, 2.45) is 0 Å². The smallest absolute Gasteiger partial charge is 0.314 e. The maximum absolute atomic E-state index is 12.0. The molecule has 0 aromatic carbocycles. The quantitative estimate of drug-likeness (QED) is 0.786. The number of alkyl halides is 2. The van der Waals surface area contributed by atoms with Crippen molar-refractivity contribution in [1.82, 2.24) is 15.5 Å². The SMILES string of the molecule is CCNC(C)c1nnc(C(F)F)o1. The van der Waals surface area contributed by atoms with Gasteiger partial charge in [0.1, 0.15) is 0 Å². The molecule has 0 aliphatic heterocycles. The van der Waals surface area contributed by atoms with Gasteiger partial charge in [0.15, 0.2) is 0 Å². The Hall–Kier alpha value is -1.04. The maximum atomic E-state index is 12.0. The number of hydrogen-bond acceptors (Lipinski definition) is 4. The van der Waals surface area contributed by atoms with E-state index in [2.05, 4.69) is 15.5 Å². The first-order chi connectivity index (χ1) is 6.15. The van der Waals surface area contributed by atoms with Gasteiger partial charge in [0, 0.05) is 0 Å². The second kappa shape index (κ2) is 4.27. The van der Waals surface area contributed by atoms with E-state index in [1.807, 2.05) is 6.92 Å². The Kier molecular flexibility index (Phi) is 3.30. The average molecular weight is 191 g/mol. The highest BCUT2D eigenvalue weighted by Gasteiger charge is 2.18. The van der Waals surface area contributed by atoms with Crippen molar-refractivity contribution in [3.63, 3.8) is 0 Å². The lowest BCUT2D eigenvalue weighted by Gasteiger charge is -2.05. The number of aromatic nitrogens is 2. The zero-order valence-corrected chi connectivity index (χ0v) is 7.42. The molecule has 1 aromatic heterocycles. The molecule has 6 heteroatoms. The molecule has 0 saturated heterocycles. The van der Waals surface area contributed by atoms with Crippen molar-refractivity contribution < 1.29 is 13.2 Å². The monoisotopic (exact) mass is 191 g/mol. The van der Waals surface area contributed by atoms with Gasteiger partial charge in [-0.2, -0.15) is 8.78 Å². The molecule has 1 rings (SSSR count). The van der Waals surface area contributed by atoms with Crippen LogP contribution in [-0.4, -0.2) is 16.7 Å². The lowest BCUT2D eigenvalue weighted by atomic mass is 10.3. The van der Waals surface area contributed by atoms with Gasteiger partial charge in [-0.1, -0.05) is 6.92 Å². The minimum Gasteiger partial charge on any atom is -0.418 e. The summed E-state index contributed by atoms with van der Waals surface area (Å²) in [6, 6.07) is -0.190. The number of nitrogens with one attached hydrogen (secondary N) is 1. The Bertz CT molecular complexity index is 264. The van der Waals surface area contributed by atoms with Gasteiger partial charge in [0.05, 0.1) is 6.04 Å². The molecule has 13 heavy (non-hydrogen) atoms. The van der Waals surface area contributed by atoms with Crippen LogP contribution >= 0.6 is 0 Å². The van der Waals surface area contributed by atoms with Crippen molar-refractivity contribution in [3.05, 3.63) is 11.8 Å². The van der Waals surface area contributed by atoms with Crippen LogP contribution < -0.4 is 5.32 Å². The molecule has 1 heterocycles. The Morgan fingerprint density at radius 1 is 1.38 bits per heavy atom. The second-order valence-corrected chi connectivity index (χ2v) is 2.56. The molecule has 0 radical (unpaired) electrons. The zero-order chi connectivity index (χ0) is 9.84. The Labute approximate surface area is 74.3 Å². The van der Waals surface area contributed by atoms with Gasteiger partial charge in [-0.05, 0) is 13.5 Å². The molecule has 0 aliphatic rings. The van der Waals surface area contributed by atoms with E-state index < -0.39 is 12.3 Å². The Morgan fingerprint density at radius 2 is 2.00 bits per heavy atom. The molecular weight excluding hydrogens is 180 g/mol. The van der Waals surface area contributed by atoms with E-state index in [-0.39, 0.29) is 11.9 Å². The summed E-state index contributed by atoms with van der Waals surface area (Å²) in [4.78, 5) is 0. The standard InChI is InChI=1S/C7H11F2N3O/c1-3-10-4(2)6-11-12-7(13-6)5(8)9/h4-5,10H,3H2,1-2H3. The highest BCUT2D eigenvalue weighted by atomic mass is 19.3. The van der Waals surface area contributed by atoms with Crippen molar-refractivity contribution in [3.8, 4) is 0 Å². The van der Waals surface area contributed by atoms with Gasteiger partial charge in [0.25, 0.3) is 5.89 Å². The predicted octanol–water partition coefficient (Wildman–Crippen LogP) is 1.68. The van der Waals surface area contributed by atoms with Crippen LogP contribution in [0.15, 0.2) is 4.42 Å². The molecule has 1 aromatic rings. The summed E-state index contributed by atoms with van der Waals surface area (Å²) >= 11 is 0. The first kappa shape index (κ1) is 10.0. The summed E-state index contributed by atoms with van der Waals surface area (Å²) < 4.78 is 28.8. The maximum Gasteiger partial charge on any atom is 0.314 e.